The van der Waals surface area contributed by atoms with Gasteiger partial charge in [0.2, 0.25) is 0 Å². The highest BCUT2D eigenvalue weighted by Gasteiger charge is 2.33. The summed E-state index contributed by atoms with van der Waals surface area (Å²) in [7, 11) is 0. The van der Waals surface area contributed by atoms with Crippen molar-refractivity contribution in [3.63, 3.8) is 0 Å². The molecule has 1 unspecified atom stereocenters. The van der Waals surface area contributed by atoms with Crippen molar-refractivity contribution >= 4 is 34.3 Å². The third-order valence-corrected chi connectivity index (χ3v) is 6.49. The fraction of sp³-hybridized carbons (Fsp3) is 0.241. The van der Waals surface area contributed by atoms with Crippen LogP contribution in [0, 0.1) is 0 Å². The zero-order valence-electron chi connectivity index (χ0n) is 21.7. The van der Waals surface area contributed by atoms with E-state index in [0.29, 0.717) is 17.5 Å². The number of nitrogens with two attached hydrogens (primary N) is 1. The molecule has 1 heterocycles. The minimum atomic E-state index is -5.01. The van der Waals surface area contributed by atoms with Crippen LogP contribution in [-0.4, -0.2) is 41.8 Å². The Morgan fingerprint density at radius 3 is 2.33 bits per heavy atom. The zero-order valence-corrected chi connectivity index (χ0v) is 22.5. The van der Waals surface area contributed by atoms with Crippen LogP contribution < -0.4 is 21.1 Å². The van der Waals surface area contributed by atoms with Gasteiger partial charge in [-0.1, -0.05) is 41.9 Å². The molecule has 210 valence electrons. The van der Waals surface area contributed by atoms with Crippen molar-refractivity contribution in [2.75, 3.05) is 6.54 Å². The van der Waals surface area contributed by atoms with E-state index in [1.165, 1.54) is 24.3 Å². The van der Waals surface area contributed by atoms with Crippen LogP contribution in [0.2, 0.25) is 5.02 Å². The Morgan fingerprint density at radius 2 is 1.65 bits per heavy atom. The molecule has 7 nitrogen and oxygen atoms in total. The number of aromatic amines is 1. The second-order valence-electron chi connectivity index (χ2n) is 9.55. The molecule has 4 aromatic rings. The van der Waals surface area contributed by atoms with Crippen LogP contribution in [0.25, 0.3) is 22.0 Å². The highest BCUT2D eigenvalue weighted by molar-refractivity contribution is 6.34. The second kappa shape index (κ2) is 12.0. The van der Waals surface area contributed by atoms with E-state index in [-0.39, 0.29) is 34.6 Å². The van der Waals surface area contributed by atoms with Crippen molar-refractivity contribution in [3.8, 4) is 16.9 Å². The van der Waals surface area contributed by atoms with Crippen molar-refractivity contribution in [3.05, 3.63) is 88.6 Å². The molecule has 0 bridgehead atoms. The van der Waals surface area contributed by atoms with Crippen LogP contribution in [0.4, 0.5) is 13.2 Å². The van der Waals surface area contributed by atoms with E-state index in [9.17, 15) is 22.8 Å². The number of carbonyl (C=O) groups excluding carboxylic acids is 2. The quantitative estimate of drug-likeness (QED) is 0.202. The van der Waals surface area contributed by atoms with Crippen LogP contribution in [0.15, 0.2) is 66.9 Å². The van der Waals surface area contributed by atoms with Gasteiger partial charge in [0.25, 0.3) is 11.8 Å². The summed E-state index contributed by atoms with van der Waals surface area (Å²) in [5.74, 6) is -1.80. The lowest BCUT2D eigenvalue weighted by Crippen LogP contribution is -2.42. The molecule has 5 N–H and O–H groups in total. The molecule has 2 amide bonds. The SMILES string of the molecule is CC(C)NC(=O)c1ccc(-c2ccc(OC(F)(F)F)c(C(=O)NC(CN)Cc3c[nH]c4ccccc34)c2)cc1Cl. The fourth-order valence-corrected chi connectivity index (χ4v) is 4.61. The lowest BCUT2D eigenvalue weighted by molar-refractivity contribution is -0.274. The molecular formula is C29H28ClF3N4O3. The Bertz CT molecular complexity index is 1530. The predicted molar refractivity (Wildman–Crippen MR) is 148 cm³/mol. The average molecular weight is 573 g/mol. The van der Waals surface area contributed by atoms with Crippen LogP contribution in [0.5, 0.6) is 5.75 Å². The number of halogens is 4. The molecule has 3 aromatic carbocycles. The van der Waals surface area contributed by atoms with Gasteiger partial charge in [-0.3, -0.25) is 9.59 Å². The second-order valence-corrected chi connectivity index (χ2v) is 9.96. The summed E-state index contributed by atoms with van der Waals surface area (Å²) in [5, 5.41) is 6.60. The van der Waals surface area contributed by atoms with Crippen molar-refractivity contribution in [1.29, 1.82) is 0 Å². The van der Waals surface area contributed by atoms with E-state index >= 15 is 0 Å². The van der Waals surface area contributed by atoms with Gasteiger partial charge in [0.05, 0.1) is 16.1 Å². The molecule has 0 saturated carbocycles. The third-order valence-electron chi connectivity index (χ3n) is 6.18. The Balaban J connectivity index is 1.63. The topological polar surface area (TPSA) is 109 Å². The molecular weight excluding hydrogens is 545 g/mol. The first-order valence-electron chi connectivity index (χ1n) is 12.5. The standard InChI is InChI=1S/C29H28ClF3N4O3/c1-16(2)36-27(38)22-9-7-18(13-24(22)30)17-8-10-26(40-29(31,32)33)23(12-17)28(39)37-20(14-34)11-19-15-35-25-6-4-3-5-21(19)25/h3-10,12-13,15-16,20,35H,11,14,34H2,1-2H3,(H,36,38)(H,37,39). The first-order chi connectivity index (χ1) is 18.9. The number of para-hydroxylation sites is 1. The monoisotopic (exact) mass is 572 g/mol. The number of fused-ring (bicyclic) bond motifs is 1. The van der Waals surface area contributed by atoms with Gasteiger partial charge in [-0.15, -0.1) is 13.2 Å². The van der Waals surface area contributed by atoms with Crippen molar-refractivity contribution in [2.24, 2.45) is 5.73 Å². The van der Waals surface area contributed by atoms with Gasteiger partial charge in [0.1, 0.15) is 5.75 Å². The van der Waals surface area contributed by atoms with Crippen LogP contribution in [0.3, 0.4) is 0 Å². The normalized spacial score (nSPS) is 12.4. The average Bonchev–Trinajstić information content (AvgIpc) is 3.29. The first kappa shape index (κ1) is 29.0. The highest BCUT2D eigenvalue weighted by atomic mass is 35.5. The number of hydrogen-bond acceptors (Lipinski definition) is 4. The number of aromatic nitrogens is 1. The summed E-state index contributed by atoms with van der Waals surface area (Å²) in [6, 6.07) is 15.3. The molecule has 4 rings (SSSR count). The zero-order chi connectivity index (χ0) is 29.0. The molecule has 0 fully saturated rings. The summed E-state index contributed by atoms with van der Waals surface area (Å²) in [6.45, 7) is 3.68. The van der Waals surface area contributed by atoms with Crippen LogP contribution in [-0.2, 0) is 6.42 Å². The molecule has 0 radical (unpaired) electrons. The molecule has 0 saturated heterocycles. The summed E-state index contributed by atoms with van der Waals surface area (Å²) in [5.41, 5.74) is 8.56. The van der Waals surface area contributed by atoms with E-state index in [1.807, 2.05) is 44.3 Å². The van der Waals surface area contributed by atoms with E-state index in [0.717, 1.165) is 22.5 Å². The third kappa shape index (κ3) is 6.94. The molecule has 1 aromatic heterocycles. The highest BCUT2D eigenvalue weighted by Crippen LogP contribution is 2.33. The van der Waals surface area contributed by atoms with Crippen LogP contribution in [0.1, 0.15) is 40.1 Å². The number of nitrogens with one attached hydrogen (secondary N) is 3. The van der Waals surface area contributed by atoms with Gasteiger partial charge in [-0.05, 0) is 67.3 Å². The van der Waals surface area contributed by atoms with Gasteiger partial charge in [0, 0.05) is 35.7 Å². The summed E-state index contributed by atoms with van der Waals surface area (Å²) in [6.07, 6.45) is -2.84. The maximum absolute atomic E-state index is 13.3. The molecule has 0 aliphatic heterocycles. The van der Waals surface area contributed by atoms with Gasteiger partial charge >= 0.3 is 6.36 Å². The molecule has 11 heteroatoms. The molecule has 0 spiro atoms. The van der Waals surface area contributed by atoms with E-state index < -0.39 is 24.1 Å². The number of hydrogen-bond donors (Lipinski definition) is 4. The van der Waals surface area contributed by atoms with Crippen LogP contribution >= 0.6 is 11.6 Å². The molecule has 0 aliphatic carbocycles. The minimum absolute atomic E-state index is 0.0515. The number of ether oxygens (including phenoxy) is 1. The van der Waals surface area contributed by atoms with Gasteiger partial charge in [-0.25, -0.2) is 0 Å². The largest absolute Gasteiger partial charge is 0.573 e. The lowest BCUT2D eigenvalue weighted by Gasteiger charge is -2.19. The predicted octanol–water partition coefficient (Wildman–Crippen LogP) is 5.82. The van der Waals surface area contributed by atoms with E-state index in [2.05, 4.69) is 20.4 Å². The number of amides is 2. The van der Waals surface area contributed by atoms with Gasteiger partial charge < -0.3 is 26.1 Å². The Labute approximate surface area is 233 Å². The molecule has 0 aliphatic rings. The van der Waals surface area contributed by atoms with E-state index in [4.69, 9.17) is 17.3 Å². The Morgan fingerprint density at radius 1 is 0.975 bits per heavy atom. The number of benzene rings is 3. The van der Waals surface area contributed by atoms with E-state index in [1.54, 1.807) is 6.07 Å². The minimum Gasteiger partial charge on any atom is -0.405 e. The summed E-state index contributed by atoms with van der Waals surface area (Å²) >= 11 is 6.35. The van der Waals surface area contributed by atoms with Gasteiger partial charge in [-0.2, -0.15) is 0 Å². The number of rotatable bonds is 9. The summed E-state index contributed by atoms with van der Waals surface area (Å²) in [4.78, 5) is 28.8. The number of alkyl halides is 3. The maximum atomic E-state index is 13.3. The maximum Gasteiger partial charge on any atom is 0.573 e. The van der Waals surface area contributed by atoms with Gasteiger partial charge in [0.15, 0.2) is 0 Å². The number of carbonyl (C=O) groups is 2. The van der Waals surface area contributed by atoms with Crippen molar-refractivity contribution < 1.29 is 27.5 Å². The number of H-pyrrole nitrogens is 1. The van der Waals surface area contributed by atoms with Crippen molar-refractivity contribution in [2.45, 2.75) is 38.7 Å². The summed E-state index contributed by atoms with van der Waals surface area (Å²) < 4.78 is 43.7. The molecule has 40 heavy (non-hydrogen) atoms. The van der Waals surface area contributed by atoms with Crippen molar-refractivity contribution in [1.82, 2.24) is 15.6 Å². The first-order valence-corrected chi connectivity index (χ1v) is 12.9. The molecule has 1 atom stereocenters. The smallest absolute Gasteiger partial charge is 0.405 e. The Kier molecular flexibility index (Phi) is 8.70. The Hall–Kier alpha value is -4.02. The fourth-order valence-electron chi connectivity index (χ4n) is 4.34. The lowest BCUT2D eigenvalue weighted by atomic mass is 9.99.